The number of hydrogen-bond acceptors (Lipinski definition) is 21. The zero-order valence-electron chi connectivity index (χ0n) is 31.6. The minimum atomic E-state index is -1.32. The Morgan fingerprint density at radius 2 is 0.690 bits per heavy atom. The molecule has 4 aliphatic heterocycles. The van der Waals surface area contributed by atoms with E-state index in [2.05, 4.69) is 4.84 Å². The topological polar surface area (TPSA) is 277 Å². The average molecular weight is 835 g/mol. The molecule has 0 bridgehead atoms. The van der Waals surface area contributed by atoms with Crippen molar-refractivity contribution in [2.24, 2.45) is 5.41 Å². The van der Waals surface area contributed by atoms with Gasteiger partial charge in [0, 0.05) is 32.1 Å². The van der Waals surface area contributed by atoms with E-state index in [4.69, 9.17) is 52.4 Å². The maximum absolute atomic E-state index is 12.0. The minimum Gasteiger partial charge on any atom is -0.430 e. The maximum atomic E-state index is 12.0. The van der Waals surface area contributed by atoms with Gasteiger partial charge in [-0.2, -0.15) is 15.2 Å². The second kappa shape index (κ2) is 23.6. The molecule has 0 radical (unpaired) electrons. The zero-order chi connectivity index (χ0) is 41.8. The van der Waals surface area contributed by atoms with Gasteiger partial charge in [-0.1, -0.05) is 5.06 Å². The Kier molecular flexibility index (Phi) is 18.4. The van der Waals surface area contributed by atoms with Crippen molar-refractivity contribution in [2.45, 2.75) is 51.4 Å². The number of hydroxylamine groups is 8. The molecule has 25 heteroatoms. The largest absolute Gasteiger partial charge is 0.534 e. The van der Waals surface area contributed by atoms with Crippen LogP contribution in [0.3, 0.4) is 0 Å². The number of imide groups is 1. The number of ether oxygens (including phenoxy) is 8. The third-order valence-electron chi connectivity index (χ3n) is 8.24. The van der Waals surface area contributed by atoms with Crippen molar-refractivity contribution in [1.82, 2.24) is 20.3 Å². The van der Waals surface area contributed by atoms with E-state index in [-0.39, 0.29) is 149 Å². The summed E-state index contributed by atoms with van der Waals surface area (Å²) in [7, 11) is 0. The van der Waals surface area contributed by atoms with E-state index in [1.54, 1.807) is 0 Å². The van der Waals surface area contributed by atoms with Gasteiger partial charge in [0.1, 0.15) is 26.4 Å². The fourth-order valence-corrected chi connectivity index (χ4v) is 5.41. The summed E-state index contributed by atoms with van der Waals surface area (Å²) in [6.45, 7) is -2.10. The first-order valence-electron chi connectivity index (χ1n) is 18.4. The molecule has 58 heavy (non-hydrogen) atoms. The molecule has 324 valence electrons. The standard InChI is InChI=1S/C33H46N4O21/c38-24-4-1-9-34(24)55-29(43)51-16-12-47-20-33(21-48-13-17-52-30(44)56-35-10-2-5-25(35)39,22-49-14-18-53-31(45)57-36-11-3-6-26(36)40)23-50-15-19-54-32(46)58-37-27(41)7-8-28(37)42/h1-23H2. The van der Waals surface area contributed by atoms with E-state index in [1.807, 2.05) is 0 Å². The van der Waals surface area contributed by atoms with E-state index in [0.29, 0.717) is 24.3 Å². The van der Waals surface area contributed by atoms with Gasteiger partial charge >= 0.3 is 24.6 Å². The summed E-state index contributed by atoms with van der Waals surface area (Å²) in [6.07, 6.45) is -2.54. The van der Waals surface area contributed by atoms with Gasteiger partial charge in [0.15, 0.2) is 0 Å². The highest BCUT2D eigenvalue weighted by Gasteiger charge is 2.35. The summed E-state index contributed by atoms with van der Waals surface area (Å²) in [5.74, 6) is -2.46. The summed E-state index contributed by atoms with van der Waals surface area (Å²) in [6, 6.07) is 0. The lowest BCUT2D eigenvalue weighted by molar-refractivity contribution is -0.177. The Bertz CT molecular complexity index is 1340. The van der Waals surface area contributed by atoms with Gasteiger partial charge < -0.3 is 52.4 Å². The fraction of sp³-hybridized carbons (Fsp3) is 0.727. The highest BCUT2D eigenvalue weighted by Crippen LogP contribution is 2.22. The number of nitrogens with zero attached hydrogens (tertiary/aromatic N) is 4. The monoisotopic (exact) mass is 834 g/mol. The Hall–Kier alpha value is -5.53. The quantitative estimate of drug-likeness (QED) is 0.0548. The van der Waals surface area contributed by atoms with Crippen LogP contribution in [0, 0.1) is 5.41 Å². The second-order valence-corrected chi connectivity index (χ2v) is 12.8. The summed E-state index contributed by atoms with van der Waals surface area (Å²) in [4.78, 5) is 126. The van der Waals surface area contributed by atoms with Crippen LogP contribution in [-0.4, -0.2) is 173 Å². The summed E-state index contributed by atoms with van der Waals surface area (Å²) in [5.41, 5.74) is -1.21. The first kappa shape index (κ1) is 45.2. The van der Waals surface area contributed by atoms with Crippen molar-refractivity contribution < 1.29 is 100 Å². The third kappa shape index (κ3) is 15.4. The fourth-order valence-electron chi connectivity index (χ4n) is 5.41. The molecule has 4 aliphatic rings. The molecule has 4 fully saturated rings. The molecule has 4 heterocycles. The number of carbonyl (C=O) groups excluding carboxylic acids is 9. The van der Waals surface area contributed by atoms with Crippen LogP contribution in [0.15, 0.2) is 0 Å². The van der Waals surface area contributed by atoms with Crippen LogP contribution in [0.5, 0.6) is 0 Å². The molecular weight excluding hydrogens is 788 g/mol. The lowest BCUT2D eigenvalue weighted by Crippen LogP contribution is -2.43. The lowest BCUT2D eigenvalue weighted by Gasteiger charge is -2.33. The summed E-state index contributed by atoms with van der Waals surface area (Å²) < 4.78 is 43.0. The molecule has 0 unspecified atom stereocenters. The number of amides is 5. The van der Waals surface area contributed by atoms with E-state index in [0.717, 1.165) is 15.2 Å². The average Bonchev–Trinajstić information content (AvgIpc) is 3.98. The van der Waals surface area contributed by atoms with Gasteiger partial charge in [0.2, 0.25) is 0 Å². The Morgan fingerprint density at radius 1 is 0.397 bits per heavy atom. The molecule has 0 aromatic carbocycles. The molecule has 4 rings (SSSR count). The normalized spacial score (nSPS) is 16.9. The summed E-state index contributed by atoms with van der Waals surface area (Å²) >= 11 is 0. The molecule has 0 aromatic heterocycles. The molecule has 0 aliphatic carbocycles. The molecule has 0 spiro atoms. The van der Waals surface area contributed by atoms with E-state index in [1.165, 1.54) is 0 Å². The number of carbonyl (C=O) groups is 9. The molecule has 0 saturated carbocycles. The maximum Gasteiger partial charge on any atom is 0.534 e. The van der Waals surface area contributed by atoms with Crippen LogP contribution >= 0.6 is 0 Å². The van der Waals surface area contributed by atoms with Gasteiger partial charge in [0.25, 0.3) is 29.5 Å². The van der Waals surface area contributed by atoms with Gasteiger partial charge in [-0.3, -0.25) is 28.8 Å². The van der Waals surface area contributed by atoms with Crippen LogP contribution in [0.25, 0.3) is 0 Å². The summed E-state index contributed by atoms with van der Waals surface area (Å²) in [5, 5.41) is 3.03. The molecule has 4 saturated heterocycles. The van der Waals surface area contributed by atoms with Crippen molar-refractivity contribution in [3.05, 3.63) is 0 Å². The van der Waals surface area contributed by atoms with Crippen molar-refractivity contribution in [1.29, 1.82) is 0 Å². The molecule has 0 atom stereocenters. The highest BCUT2D eigenvalue weighted by atomic mass is 16.8. The Morgan fingerprint density at radius 3 is 0.966 bits per heavy atom. The van der Waals surface area contributed by atoms with E-state index < -0.39 is 41.9 Å². The minimum absolute atomic E-state index is 0.106. The second-order valence-electron chi connectivity index (χ2n) is 12.8. The Balaban J connectivity index is 1.30. The lowest BCUT2D eigenvalue weighted by atomic mass is 9.92. The number of rotatable bonds is 24. The molecule has 5 amide bonds. The van der Waals surface area contributed by atoms with E-state index >= 15 is 0 Å². The molecule has 0 N–H and O–H groups in total. The van der Waals surface area contributed by atoms with Crippen molar-refractivity contribution in [3.63, 3.8) is 0 Å². The zero-order valence-corrected chi connectivity index (χ0v) is 31.6. The first-order valence-corrected chi connectivity index (χ1v) is 18.4. The Labute approximate surface area is 330 Å². The predicted molar refractivity (Wildman–Crippen MR) is 179 cm³/mol. The van der Waals surface area contributed by atoms with Crippen molar-refractivity contribution in [2.75, 3.05) is 98.9 Å². The van der Waals surface area contributed by atoms with Crippen molar-refractivity contribution in [3.8, 4) is 0 Å². The highest BCUT2D eigenvalue weighted by molar-refractivity contribution is 6.01. The molecule has 0 aromatic rings. The molecule has 25 nitrogen and oxygen atoms in total. The van der Waals surface area contributed by atoms with Gasteiger partial charge in [-0.25, -0.2) is 19.2 Å². The van der Waals surface area contributed by atoms with Gasteiger partial charge in [0.05, 0.1) is 77.9 Å². The van der Waals surface area contributed by atoms with Crippen LogP contribution in [0.1, 0.15) is 51.4 Å². The van der Waals surface area contributed by atoms with Crippen molar-refractivity contribution >= 4 is 54.2 Å². The number of hydrogen-bond donors (Lipinski definition) is 0. The van der Waals surface area contributed by atoms with Crippen LogP contribution < -0.4 is 0 Å². The van der Waals surface area contributed by atoms with Crippen LogP contribution in [0.2, 0.25) is 0 Å². The first-order chi connectivity index (χ1) is 27.9. The van der Waals surface area contributed by atoms with E-state index in [9.17, 15) is 43.2 Å². The van der Waals surface area contributed by atoms with Gasteiger partial charge in [-0.15, -0.1) is 0 Å². The smallest absolute Gasteiger partial charge is 0.430 e. The SMILES string of the molecule is O=C(OCCOCC(COCCOC(=O)ON1CCCC1=O)(COCCOC(=O)ON1CCCC1=O)COCCOC(=O)ON1C(=O)CCC1=O)ON1CCCC1=O. The third-order valence-corrected chi connectivity index (χ3v) is 8.24. The van der Waals surface area contributed by atoms with Gasteiger partial charge in [-0.05, 0) is 19.3 Å². The molecular formula is C33H46N4O21. The predicted octanol–water partition coefficient (Wildman–Crippen LogP) is 0.328. The van der Waals surface area contributed by atoms with Crippen LogP contribution in [0.4, 0.5) is 19.2 Å². The van der Waals surface area contributed by atoms with Crippen LogP contribution in [-0.2, 0) is 81.2 Å².